The van der Waals surface area contributed by atoms with Gasteiger partial charge in [-0.05, 0) is 13.8 Å². The molecule has 0 unspecified atom stereocenters. The lowest BCUT2D eigenvalue weighted by molar-refractivity contribution is -0.140. The summed E-state index contributed by atoms with van der Waals surface area (Å²) in [5, 5.41) is 0.770. The van der Waals surface area contributed by atoms with Crippen molar-refractivity contribution in [1.29, 1.82) is 0 Å². The van der Waals surface area contributed by atoms with E-state index in [-0.39, 0.29) is 5.97 Å². The van der Waals surface area contributed by atoms with Crippen molar-refractivity contribution in [3.63, 3.8) is 0 Å². The summed E-state index contributed by atoms with van der Waals surface area (Å²) < 4.78 is 4.71. The minimum atomic E-state index is -0.261. The highest BCUT2D eigenvalue weighted by atomic mass is 35.5. The van der Waals surface area contributed by atoms with Crippen molar-refractivity contribution in [2.24, 2.45) is 0 Å². The quantitative estimate of drug-likeness (QED) is 0.618. The van der Waals surface area contributed by atoms with Crippen molar-refractivity contribution in [2.45, 2.75) is 27.2 Å². The van der Waals surface area contributed by atoms with E-state index in [9.17, 15) is 4.79 Å². The second kappa shape index (κ2) is 5.19. The van der Waals surface area contributed by atoms with Gasteiger partial charge in [0.25, 0.3) is 0 Å². The molecule has 0 atom stereocenters. The molecule has 0 aliphatic carbocycles. The lowest BCUT2D eigenvalue weighted by Gasteiger charge is -2.01. The van der Waals surface area contributed by atoms with E-state index in [1.165, 1.54) is 6.92 Å². The molecule has 11 heavy (non-hydrogen) atoms. The first kappa shape index (κ1) is 10.5. The molecule has 2 nitrogen and oxygen atoms in total. The molecule has 3 heteroatoms. The van der Waals surface area contributed by atoms with Gasteiger partial charge in [-0.15, -0.1) is 0 Å². The molecule has 0 N–H and O–H groups in total. The van der Waals surface area contributed by atoms with Gasteiger partial charge in [-0.25, -0.2) is 0 Å². The maximum Gasteiger partial charge on any atom is 0.302 e. The van der Waals surface area contributed by atoms with Crippen LogP contribution in [0.4, 0.5) is 0 Å². The van der Waals surface area contributed by atoms with Gasteiger partial charge in [0.15, 0.2) is 0 Å². The molecule has 0 rings (SSSR count). The topological polar surface area (TPSA) is 26.3 Å². The number of hydrogen-bond acceptors (Lipinski definition) is 2. The van der Waals surface area contributed by atoms with E-state index >= 15 is 0 Å². The fourth-order valence-electron chi connectivity index (χ4n) is 0.534. The van der Waals surface area contributed by atoms with Crippen molar-refractivity contribution in [3.8, 4) is 0 Å². The van der Waals surface area contributed by atoms with Crippen LogP contribution in [0.2, 0.25) is 0 Å². The number of carbonyl (C=O) groups excluding carboxylic acids is 1. The zero-order chi connectivity index (χ0) is 8.85. The number of hydrogen-bond donors (Lipinski definition) is 0. The van der Waals surface area contributed by atoms with Crippen LogP contribution in [-0.4, -0.2) is 12.6 Å². The third-order valence-electron chi connectivity index (χ3n) is 1.17. The average molecular weight is 177 g/mol. The van der Waals surface area contributed by atoms with Gasteiger partial charge in [0, 0.05) is 18.4 Å². The lowest BCUT2D eigenvalue weighted by Crippen LogP contribution is -2.00. The molecule has 0 aliphatic rings. The third-order valence-corrected chi connectivity index (χ3v) is 1.74. The Balaban J connectivity index is 3.56. The minimum absolute atomic E-state index is 0.261. The summed E-state index contributed by atoms with van der Waals surface area (Å²) in [6.45, 7) is 5.61. The van der Waals surface area contributed by atoms with Crippen molar-refractivity contribution in [3.05, 3.63) is 10.6 Å². The van der Waals surface area contributed by atoms with Crippen LogP contribution in [-0.2, 0) is 9.53 Å². The number of allylic oxidation sites excluding steroid dienone is 1. The van der Waals surface area contributed by atoms with Crippen LogP contribution in [0.3, 0.4) is 0 Å². The first-order chi connectivity index (χ1) is 5.04. The molecule has 0 aromatic heterocycles. The Hall–Kier alpha value is -0.500. The first-order valence-electron chi connectivity index (χ1n) is 3.49. The van der Waals surface area contributed by atoms with E-state index < -0.39 is 0 Å². The zero-order valence-corrected chi connectivity index (χ0v) is 7.86. The van der Waals surface area contributed by atoms with Crippen LogP contribution in [0.5, 0.6) is 0 Å². The molecule has 0 bridgehead atoms. The maximum atomic E-state index is 10.3. The van der Waals surface area contributed by atoms with Gasteiger partial charge in [0.1, 0.15) is 0 Å². The fraction of sp³-hybridized carbons (Fsp3) is 0.625. The van der Waals surface area contributed by atoms with Crippen molar-refractivity contribution < 1.29 is 9.53 Å². The summed E-state index contributed by atoms with van der Waals surface area (Å²) in [5.74, 6) is -0.261. The average Bonchev–Trinajstić information content (AvgIpc) is 1.86. The van der Waals surface area contributed by atoms with Crippen LogP contribution >= 0.6 is 11.6 Å². The maximum absolute atomic E-state index is 10.3. The van der Waals surface area contributed by atoms with Crippen molar-refractivity contribution in [2.75, 3.05) is 6.61 Å². The number of carbonyl (C=O) groups is 1. The summed E-state index contributed by atoms with van der Waals surface area (Å²) in [7, 11) is 0. The summed E-state index contributed by atoms with van der Waals surface area (Å²) in [6, 6.07) is 0. The number of halogens is 1. The van der Waals surface area contributed by atoms with Crippen LogP contribution in [0, 0.1) is 0 Å². The molecule has 0 aliphatic heterocycles. The van der Waals surface area contributed by atoms with Crippen LogP contribution in [0.25, 0.3) is 0 Å². The number of esters is 1. The Bertz CT molecular complexity index is 169. The second-order valence-electron chi connectivity index (χ2n) is 2.49. The Kier molecular flexibility index (Phi) is 4.95. The molecule has 0 radical (unpaired) electrons. The van der Waals surface area contributed by atoms with Crippen molar-refractivity contribution >= 4 is 17.6 Å². The standard InChI is InChI=1S/C8H13ClO2/c1-6(2)8(9)4-5-11-7(3)10/h4-5H2,1-3H3. The summed E-state index contributed by atoms with van der Waals surface area (Å²) in [4.78, 5) is 10.3. The summed E-state index contributed by atoms with van der Waals surface area (Å²) in [6.07, 6.45) is 0.615. The highest BCUT2D eigenvalue weighted by Crippen LogP contribution is 2.12. The SMILES string of the molecule is CC(=O)OCCC(Cl)=C(C)C. The van der Waals surface area contributed by atoms with Gasteiger partial charge >= 0.3 is 5.97 Å². The van der Waals surface area contributed by atoms with Gasteiger partial charge in [-0.3, -0.25) is 4.79 Å². The molecule has 0 aromatic rings. The predicted octanol–water partition coefficient (Wildman–Crippen LogP) is 2.47. The molecule has 0 saturated heterocycles. The molecule has 0 spiro atoms. The van der Waals surface area contributed by atoms with Gasteiger partial charge < -0.3 is 4.74 Å². The van der Waals surface area contributed by atoms with E-state index in [0.717, 1.165) is 10.6 Å². The molecule has 0 heterocycles. The zero-order valence-electron chi connectivity index (χ0n) is 7.11. The first-order valence-corrected chi connectivity index (χ1v) is 3.87. The molecule has 0 aromatic carbocycles. The van der Waals surface area contributed by atoms with Crippen molar-refractivity contribution in [1.82, 2.24) is 0 Å². The normalized spacial score (nSPS) is 9.09. The molecule has 0 saturated carbocycles. The highest BCUT2D eigenvalue weighted by Gasteiger charge is 1.97. The summed E-state index contributed by atoms with van der Waals surface area (Å²) >= 11 is 5.79. The number of ether oxygens (including phenoxy) is 1. The Morgan fingerprint density at radius 3 is 2.27 bits per heavy atom. The molecule has 0 amide bonds. The fourth-order valence-corrected chi connectivity index (χ4v) is 0.612. The van der Waals surface area contributed by atoms with E-state index in [0.29, 0.717) is 13.0 Å². The molecular weight excluding hydrogens is 164 g/mol. The van der Waals surface area contributed by atoms with Crippen LogP contribution in [0.15, 0.2) is 10.6 Å². The van der Waals surface area contributed by atoms with Gasteiger partial charge in [-0.2, -0.15) is 0 Å². The van der Waals surface area contributed by atoms with Crippen LogP contribution in [0.1, 0.15) is 27.2 Å². The predicted molar refractivity (Wildman–Crippen MR) is 45.5 cm³/mol. The van der Waals surface area contributed by atoms with E-state index in [1.807, 2.05) is 13.8 Å². The molecular formula is C8H13ClO2. The largest absolute Gasteiger partial charge is 0.465 e. The molecule has 64 valence electrons. The number of rotatable bonds is 3. The van der Waals surface area contributed by atoms with E-state index in [4.69, 9.17) is 16.3 Å². The van der Waals surface area contributed by atoms with Gasteiger partial charge in [0.05, 0.1) is 6.61 Å². The highest BCUT2D eigenvalue weighted by molar-refractivity contribution is 6.29. The Morgan fingerprint density at radius 1 is 1.36 bits per heavy atom. The van der Waals surface area contributed by atoms with E-state index in [1.54, 1.807) is 0 Å². The Labute approximate surface area is 72.2 Å². The van der Waals surface area contributed by atoms with Crippen LogP contribution < -0.4 is 0 Å². The second-order valence-corrected chi connectivity index (χ2v) is 2.95. The smallest absolute Gasteiger partial charge is 0.302 e. The Morgan fingerprint density at radius 2 is 1.91 bits per heavy atom. The minimum Gasteiger partial charge on any atom is -0.465 e. The summed E-state index contributed by atoms with van der Waals surface area (Å²) in [5.41, 5.74) is 1.07. The van der Waals surface area contributed by atoms with Gasteiger partial charge in [-0.1, -0.05) is 17.2 Å². The van der Waals surface area contributed by atoms with E-state index in [2.05, 4.69) is 0 Å². The van der Waals surface area contributed by atoms with Gasteiger partial charge in [0.2, 0.25) is 0 Å². The lowest BCUT2D eigenvalue weighted by atomic mass is 10.3. The third kappa shape index (κ3) is 5.92. The molecule has 0 fully saturated rings. The monoisotopic (exact) mass is 176 g/mol.